The van der Waals surface area contributed by atoms with Crippen molar-refractivity contribution < 1.29 is 4.79 Å². The third kappa shape index (κ3) is 2.64. The molecule has 5 heteroatoms. The summed E-state index contributed by atoms with van der Waals surface area (Å²) in [6.07, 6.45) is 1.72. The average molecular weight is 268 g/mol. The molecule has 1 atom stereocenters. The number of carbonyl (C=O) groups is 1. The van der Waals surface area contributed by atoms with Crippen molar-refractivity contribution >= 4 is 17.3 Å². The van der Waals surface area contributed by atoms with Crippen molar-refractivity contribution in [1.82, 2.24) is 4.57 Å². The summed E-state index contributed by atoms with van der Waals surface area (Å²) in [5.74, 6) is -0.189. The van der Waals surface area contributed by atoms with Crippen molar-refractivity contribution in [3.63, 3.8) is 0 Å². The highest BCUT2D eigenvalue weighted by Crippen LogP contribution is 2.20. The minimum Gasteiger partial charge on any atom is -0.399 e. The maximum absolute atomic E-state index is 12.3. The Morgan fingerprint density at radius 3 is 2.90 bits per heavy atom. The molecule has 5 nitrogen and oxygen atoms in total. The second-order valence-corrected chi connectivity index (χ2v) is 4.65. The second-order valence-electron chi connectivity index (χ2n) is 4.65. The number of nitrogens with two attached hydrogens (primary N) is 1. The number of hydrogen-bond acceptors (Lipinski definition) is 3. The molecule has 20 heavy (non-hydrogen) atoms. The molecule has 0 bridgehead atoms. The van der Waals surface area contributed by atoms with E-state index in [2.05, 4.69) is 11.4 Å². The third-order valence-corrected chi connectivity index (χ3v) is 3.21. The van der Waals surface area contributed by atoms with Crippen molar-refractivity contribution in [2.24, 2.45) is 0 Å². The summed E-state index contributed by atoms with van der Waals surface area (Å²) in [7, 11) is 0. The summed E-state index contributed by atoms with van der Waals surface area (Å²) in [4.78, 5) is 12.3. The molecule has 1 unspecified atom stereocenters. The normalized spacial score (nSPS) is 11.7. The van der Waals surface area contributed by atoms with Crippen LogP contribution in [-0.4, -0.2) is 10.5 Å². The number of aromatic nitrogens is 1. The molecule has 0 radical (unpaired) electrons. The van der Waals surface area contributed by atoms with Gasteiger partial charge < -0.3 is 15.6 Å². The van der Waals surface area contributed by atoms with Gasteiger partial charge in [-0.15, -0.1) is 0 Å². The summed E-state index contributed by atoms with van der Waals surface area (Å²) >= 11 is 0. The predicted octanol–water partition coefficient (Wildman–Crippen LogP) is 2.45. The summed E-state index contributed by atoms with van der Waals surface area (Å²) in [5, 5.41) is 11.8. The summed E-state index contributed by atoms with van der Waals surface area (Å²) in [6.45, 7) is 3.65. The zero-order chi connectivity index (χ0) is 14.7. The number of hydrogen-bond donors (Lipinski definition) is 2. The van der Waals surface area contributed by atoms with Gasteiger partial charge in [0, 0.05) is 17.6 Å². The van der Waals surface area contributed by atoms with Crippen LogP contribution in [-0.2, 0) is 4.79 Å². The van der Waals surface area contributed by atoms with E-state index in [4.69, 9.17) is 11.0 Å². The van der Waals surface area contributed by atoms with Crippen LogP contribution >= 0.6 is 0 Å². The number of amides is 1. The minimum absolute atomic E-state index is 0.189. The van der Waals surface area contributed by atoms with E-state index in [1.807, 2.05) is 13.0 Å². The topological polar surface area (TPSA) is 83.8 Å². The molecule has 2 rings (SSSR count). The van der Waals surface area contributed by atoms with E-state index in [-0.39, 0.29) is 5.91 Å². The lowest BCUT2D eigenvalue weighted by molar-refractivity contribution is -0.118. The van der Waals surface area contributed by atoms with Crippen molar-refractivity contribution in [2.45, 2.75) is 19.9 Å². The molecule has 1 aromatic carbocycles. The summed E-state index contributed by atoms with van der Waals surface area (Å²) in [5.41, 5.74) is 8.40. The largest absolute Gasteiger partial charge is 0.399 e. The Kier molecular flexibility index (Phi) is 3.76. The Bertz CT molecular complexity index is 681. The van der Waals surface area contributed by atoms with Crippen molar-refractivity contribution in [1.29, 1.82) is 5.26 Å². The fourth-order valence-corrected chi connectivity index (χ4v) is 1.96. The van der Waals surface area contributed by atoms with E-state index in [9.17, 15) is 4.79 Å². The Hall–Kier alpha value is -2.74. The Morgan fingerprint density at radius 2 is 2.20 bits per heavy atom. The summed E-state index contributed by atoms with van der Waals surface area (Å²) in [6, 6.07) is 10.4. The van der Waals surface area contributed by atoms with Crippen molar-refractivity contribution in [2.75, 3.05) is 11.1 Å². The molecule has 1 aromatic heterocycles. The van der Waals surface area contributed by atoms with Gasteiger partial charge in [0.1, 0.15) is 17.8 Å². The molecule has 2 aromatic rings. The zero-order valence-corrected chi connectivity index (χ0v) is 11.4. The Balaban J connectivity index is 2.20. The van der Waals surface area contributed by atoms with Crippen LogP contribution in [0.25, 0.3) is 0 Å². The molecular weight excluding hydrogens is 252 g/mol. The fourth-order valence-electron chi connectivity index (χ4n) is 1.96. The molecular formula is C15H16N4O. The Morgan fingerprint density at radius 1 is 1.45 bits per heavy atom. The van der Waals surface area contributed by atoms with Crippen LogP contribution in [0, 0.1) is 18.3 Å². The number of aryl methyl sites for hydroxylation is 1. The highest BCUT2D eigenvalue weighted by atomic mass is 16.2. The number of benzene rings is 1. The van der Waals surface area contributed by atoms with Gasteiger partial charge in [0.25, 0.3) is 0 Å². The van der Waals surface area contributed by atoms with Crippen LogP contribution < -0.4 is 11.1 Å². The van der Waals surface area contributed by atoms with E-state index in [0.717, 1.165) is 5.56 Å². The van der Waals surface area contributed by atoms with Gasteiger partial charge in [0.05, 0.1) is 0 Å². The van der Waals surface area contributed by atoms with E-state index in [1.54, 1.807) is 42.0 Å². The molecule has 0 aliphatic heterocycles. The lowest BCUT2D eigenvalue weighted by Crippen LogP contribution is -2.24. The van der Waals surface area contributed by atoms with Gasteiger partial charge in [-0.1, -0.05) is 6.07 Å². The van der Waals surface area contributed by atoms with Gasteiger partial charge in [-0.05, 0) is 43.7 Å². The molecule has 1 heterocycles. The number of nitriles is 1. The monoisotopic (exact) mass is 268 g/mol. The lowest BCUT2D eigenvalue weighted by Gasteiger charge is -2.16. The zero-order valence-electron chi connectivity index (χ0n) is 11.4. The van der Waals surface area contributed by atoms with E-state index >= 15 is 0 Å². The molecule has 0 saturated carbocycles. The maximum Gasteiger partial charge on any atom is 0.247 e. The molecule has 1 amide bonds. The van der Waals surface area contributed by atoms with Gasteiger partial charge in [0.15, 0.2) is 0 Å². The van der Waals surface area contributed by atoms with Gasteiger partial charge in [-0.3, -0.25) is 4.79 Å². The predicted molar refractivity (Wildman–Crippen MR) is 78.1 cm³/mol. The average Bonchev–Trinajstić information content (AvgIpc) is 2.90. The van der Waals surface area contributed by atoms with Crippen LogP contribution in [0.15, 0.2) is 36.5 Å². The van der Waals surface area contributed by atoms with E-state index in [0.29, 0.717) is 17.1 Å². The molecule has 0 fully saturated rings. The lowest BCUT2D eigenvalue weighted by atomic mass is 10.1. The smallest absolute Gasteiger partial charge is 0.247 e. The van der Waals surface area contributed by atoms with Gasteiger partial charge in [-0.25, -0.2) is 0 Å². The van der Waals surface area contributed by atoms with Crippen LogP contribution in [0.1, 0.15) is 24.2 Å². The number of nitrogens with zero attached hydrogens (tertiary/aromatic N) is 2. The maximum atomic E-state index is 12.3. The van der Waals surface area contributed by atoms with Crippen LogP contribution in [0.3, 0.4) is 0 Å². The van der Waals surface area contributed by atoms with Crippen LogP contribution in [0.4, 0.5) is 11.4 Å². The third-order valence-electron chi connectivity index (χ3n) is 3.21. The van der Waals surface area contributed by atoms with Crippen molar-refractivity contribution in [3.8, 4) is 6.07 Å². The number of rotatable bonds is 3. The number of anilines is 2. The first kappa shape index (κ1) is 13.7. The fraction of sp³-hybridized carbons (Fsp3) is 0.200. The standard InChI is InChI=1S/C15H16N4O/c1-10-5-6-12(17)8-14(10)18-15(20)11(2)19-7-3-4-13(19)9-16/h3-8,11H,17H2,1-2H3,(H,18,20). The first-order valence-corrected chi connectivity index (χ1v) is 6.27. The second kappa shape index (κ2) is 5.49. The molecule has 0 aliphatic carbocycles. The number of carbonyl (C=O) groups excluding carboxylic acids is 1. The highest BCUT2D eigenvalue weighted by molar-refractivity contribution is 5.94. The highest BCUT2D eigenvalue weighted by Gasteiger charge is 2.17. The quantitative estimate of drug-likeness (QED) is 0.838. The molecule has 0 spiro atoms. The minimum atomic E-state index is -0.472. The first-order chi connectivity index (χ1) is 9.52. The SMILES string of the molecule is Cc1ccc(N)cc1NC(=O)C(C)n1cccc1C#N. The van der Waals surface area contributed by atoms with E-state index < -0.39 is 6.04 Å². The number of nitrogen functional groups attached to an aromatic ring is 1. The molecule has 0 saturated heterocycles. The molecule has 0 aliphatic rings. The van der Waals surface area contributed by atoms with Gasteiger partial charge >= 0.3 is 0 Å². The van der Waals surface area contributed by atoms with Gasteiger partial charge in [-0.2, -0.15) is 5.26 Å². The first-order valence-electron chi connectivity index (χ1n) is 6.27. The molecule has 102 valence electrons. The van der Waals surface area contributed by atoms with Crippen LogP contribution in [0.5, 0.6) is 0 Å². The number of nitrogens with one attached hydrogen (secondary N) is 1. The molecule has 3 N–H and O–H groups in total. The van der Waals surface area contributed by atoms with Crippen LogP contribution in [0.2, 0.25) is 0 Å². The van der Waals surface area contributed by atoms with Crippen molar-refractivity contribution in [3.05, 3.63) is 47.8 Å². The van der Waals surface area contributed by atoms with E-state index in [1.165, 1.54) is 0 Å². The summed E-state index contributed by atoms with van der Waals surface area (Å²) < 4.78 is 1.64. The van der Waals surface area contributed by atoms with Gasteiger partial charge in [0.2, 0.25) is 5.91 Å². The Labute approximate surface area is 117 Å².